The summed E-state index contributed by atoms with van der Waals surface area (Å²) >= 11 is 0. The van der Waals surface area contributed by atoms with Crippen LogP contribution in [0.5, 0.6) is 0 Å². The van der Waals surface area contributed by atoms with Crippen molar-refractivity contribution in [2.24, 2.45) is 0 Å². The fraction of sp³-hybridized carbons (Fsp3) is 0.444. The normalized spacial score (nSPS) is 58.7. The third-order valence-corrected chi connectivity index (χ3v) is 1.15. The molecule has 1 aromatic rings. The van der Waals surface area contributed by atoms with Gasteiger partial charge in [-0.25, -0.2) is 0 Å². The molecule has 0 spiro atoms. The van der Waals surface area contributed by atoms with Gasteiger partial charge in [0.2, 0.25) is 0 Å². The second kappa shape index (κ2) is 3.01. The van der Waals surface area contributed by atoms with Crippen LogP contribution in [-0.2, 0) is 0 Å². The van der Waals surface area contributed by atoms with Crippen molar-refractivity contribution < 1.29 is 15.1 Å². The highest BCUT2D eigenvalue weighted by molar-refractivity contribution is 5.14. The van der Waals surface area contributed by atoms with Crippen LogP contribution in [0.25, 0.3) is 0 Å². The number of nitrogens with zero attached hydrogens (tertiary/aromatic N) is 1. The van der Waals surface area contributed by atoms with Crippen LogP contribution in [-0.4, -0.2) is 11.5 Å². The van der Waals surface area contributed by atoms with E-state index in [2.05, 4.69) is 4.98 Å². The molecular formula is C9H12N2. The Bertz CT molecular complexity index is 643. The molecule has 0 radical (unpaired) electrons. The predicted molar refractivity (Wildman–Crippen MR) is 44.2 cm³/mol. The molecule has 2 heteroatoms. The van der Waals surface area contributed by atoms with Gasteiger partial charge in [0.1, 0.15) is 0 Å². The summed E-state index contributed by atoms with van der Waals surface area (Å²) in [5.74, 6) is 0. The zero-order chi connectivity index (χ0) is 17.3. The van der Waals surface area contributed by atoms with Crippen LogP contribution < -0.4 is 5.32 Å². The minimum Gasteiger partial charge on any atom is -0.310 e. The van der Waals surface area contributed by atoms with E-state index in [0.717, 1.165) is 0 Å². The first-order valence-corrected chi connectivity index (χ1v) is 2.95. The summed E-state index contributed by atoms with van der Waals surface area (Å²) in [7, 11) is 0. The van der Waals surface area contributed by atoms with Crippen LogP contribution in [0.4, 0.5) is 0 Å². The Kier molecular flexibility index (Phi) is 0.470. The molecule has 0 amide bonds. The van der Waals surface area contributed by atoms with Crippen LogP contribution >= 0.6 is 0 Å². The van der Waals surface area contributed by atoms with Crippen molar-refractivity contribution in [2.75, 3.05) is 6.50 Å². The quantitative estimate of drug-likeness (QED) is 0.672. The molecule has 1 aliphatic rings. The first-order chi connectivity index (χ1) is 9.71. The van der Waals surface area contributed by atoms with Gasteiger partial charge in [-0.15, -0.1) is 0 Å². The van der Waals surface area contributed by atoms with Gasteiger partial charge in [-0.05, 0) is 30.8 Å². The minimum atomic E-state index is -3.16. The van der Waals surface area contributed by atoms with Crippen LogP contribution in [0.15, 0.2) is 24.4 Å². The fourth-order valence-electron chi connectivity index (χ4n) is 0.692. The van der Waals surface area contributed by atoms with E-state index in [0.29, 0.717) is 0 Å². The Hall–Kier alpha value is -0.890. The molecule has 0 aliphatic carbocycles. The van der Waals surface area contributed by atoms with Crippen molar-refractivity contribution >= 4 is 0 Å². The van der Waals surface area contributed by atoms with Crippen LogP contribution in [0.2, 0.25) is 0 Å². The van der Waals surface area contributed by atoms with E-state index >= 15 is 0 Å². The third-order valence-electron chi connectivity index (χ3n) is 1.15. The van der Waals surface area contributed by atoms with E-state index in [1.807, 2.05) is 5.32 Å². The van der Waals surface area contributed by atoms with Crippen molar-refractivity contribution in [3.63, 3.8) is 0 Å². The lowest BCUT2D eigenvalue weighted by molar-refractivity contribution is 0.645. The smallest absolute Gasteiger partial charge is 0.0843 e. The molecule has 1 fully saturated rings. The van der Waals surface area contributed by atoms with Gasteiger partial charge in [-0.1, -0.05) is 6.04 Å². The molecule has 1 N–H and O–H groups in total. The van der Waals surface area contributed by atoms with Crippen LogP contribution in [0.1, 0.15) is 39.4 Å². The number of hydrogen-bond donors (Lipinski definition) is 1. The topological polar surface area (TPSA) is 24.9 Å². The molecule has 1 aliphatic heterocycles. The Morgan fingerprint density at radius 1 is 1.91 bits per heavy atom. The summed E-state index contributed by atoms with van der Waals surface area (Å²) < 4.78 is 84.6. The maximum atomic E-state index is 8.19. The van der Waals surface area contributed by atoms with Gasteiger partial charge in [0.05, 0.1) is 6.85 Å². The van der Waals surface area contributed by atoms with Crippen molar-refractivity contribution in [3.05, 3.63) is 30.0 Å². The number of hydrogen-bond acceptors (Lipinski definition) is 2. The van der Waals surface area contributed by atoms with Gasteiger partial charge in [0, 0.05) is 26.6 Å². The number of rotatable bonds is 1. The highest BCUT2D eigenvalue weighted by atomic mass is 14.9. The summed E-state index contributed by atoms with van der Waals surface area (Å²) in [6.45, 7) is -2.95. The third kappa shape index (κ3) is 1.40. The van der Waals surface area contributed by atoms with E-state index in [1.54, 1.807) is 0 Å². The van der Waals surface area contributed by atoms with Crippen molar-refractivity contribution in [3.8, 4) is 0 Å². The summed E-state index contributed by atoms with van der Waals surface area (Å²) in [4.78, 5) is 3.34. The summed E-state index contributed by atoms with van der Waals surface area (Å²) in [5, 5.41) is 1.86. The van der Waals surface area contributed by atoms with Crippen molar-refractivity contribution in [1.82, 2.24) is 10.3 Å². The maximum Gasteiger partial charge on any atom is 0.0843 e. The molecule has 0 saturated carbocycles. The van der Waals surface area contributed by atoms with E-state index in [1.165, 1.54) is 0 Å². The Labute approximate surface area is 82.1 Å². The Balaban J connectivity index is 2.81. The minimum absolute atomic E-state index is 0.702. The van der Waals surface area contributed by atoms with Gasteiger partial charge in [-0.2, -0.15) is 0 Å². The predicted octanol–water partition coefficient (Wildman–Crippen LogP) is 1.51. The van der Waals surface area contributed by atoms with Gasteiger partial charge in [-0.3, -0.25) is 4.98 Å². The van der Waals surface area contributed by atoms with Gasteiger partial charge >= 0.3 is 0 Å². The Morgan fingerprint density at radius 3 is 3.73 bits per heavy atom. The molecule has 0 bridgehead atoms. The number of nitrogens with one attached hydrogen (secondary N) is 1. The first-order valence-electron chi connectivity index (χ1n) is 8.45. The zero-order valence-corrected chi connectivity index (χ0v) is 5.45. The second-order valence-electron chi connectivity index (χ2n) is 1.84. The average Bonchev–Trinajstić information content (AvgIpc) is 2.42. The first kappa shape index (κ1) is 1.72. The average molecular weight is 159 g/mol. The molecule has 2 nitrogen and oxygen atoms in total. The fourth-order valence-corrected chi connectivity index (χ4v) is 0.692. The molecule has 1 aromatic heterocycles. The molecule has 11 heavy (non-hydrogen) atoms. The molecule has 1 unspecified atom stereocenters. The molecule has 2 heterocycles. The molecule has 2 rings (SSSR count). The number of aromatic nitrogens is 1. The van der Waals surface area contributed by atoms with Crippen LogP contribution in [0.3, 0.4) is 0 Å². The Morgan fingerprint density at radius 2 is 2.91 bits per heavy atom. The second-order valence-corrected chi connectivity index (χ2v) is 1.84. The SMILES string of the molecule is [2H]c1nc([2H])c(C2([2H])NC([2H])([2H])C([2H])([2H])C2([2H])[2H])c([2H])c1[2H]. The van der Waals surface area contributed by atoms with Gasteiger partial charge in [0.15, 0.2) is 0 Å². The van der Waals surface area contributed by atoms with Gasteiger partial charge < -0.3 is 5.32 Å². The largest absolute Gasteiger partial charge is 0.310 e. The standard InChI is InChI=1S/C9H12N2/c1-3-8(7-10-5-1)9-4-2-6-11-9/h1,3,5,7,9,11H,2,4,6H2/i1D,2D2,3D,4D2,5D,6D2,7D,9D. The molecule has 1 atom stereocenters. The lowest BCUT2D eigenvalue weighted by Gasteiger charge is -2.08. The van der Waals surface area contributed by atoms with E-state index in [9.17, 15) is 0 Å². The highest BCUT2D eigenvalue weighted by Gasteiger charge is 2.15. The molecule has 58 valence electrons. The number of pyridine rings is 1. The molecule has 0 aromatic carbocycles. The van der Waals surface area contributed by atoms with Gasteiger partial charge in [0.25, 0.3) is 0 Å². The van der Waals surface area contributed by atoms with Crippen LogP contribution in [0, 0.1) is 0 Å². The molecular weight excluding hydrogens is 136 g/mol. The highest BCUT2D eigenvalue weighted by Crippen LogP contribution is 2.21. The van der Waals surface area contributed by atoms with E-state index < -0.39 is 55.3 Å². The summed E-state index contributed by atoms with van der Waals surface area (Å²) in [6, 6.07) is -4.42. The zero-order valence-electron chi connectivity index (χ0n) is 16.4. The lowest BCUT2D eigenvalue weighted by Crippen LogP contribution is -2.12. The lowest BCUT2D eigenvalue weighted by atomic mass is 10.1. The van der Waals surface area contributed by atoms with Crippen molar-refractivity contribution in [1.29, 1.82) is 0 Å². The van der Waals surface area contributed by atoms with E-state index in [4.69, 9.17) is 15.1 Å². The maximum absolute atomic E-state index is 8.19. The molecule has 1 saturated heterocycles. The monoisotopic (exact) mass is 159 g/mol. The van der Waals surface area contributed by atoms with E-state index in [-0.39, 0.29) is 0 Å². The summed E-state index contributed by atoms with van der Waals surface area (Å²) in [6.07, 6.45) is -7.84. The van der Waals surface area contributed by atoms with Crippen molar-refractivity contribution in [2.45, 2.75) is 18.8 Å². The summed E-state index contributed by atoms with van der Waals surface area (Å²) in [5.41, 5.74) is -0.774.